The molecule has 9 nitrogen and oxygen atoms in total. The minimum absolute atomic E-state index is 0.123. The predicted octanol–water partition coefficient (Wildman–Crippen LogP) is 3.84. The molecular formula is C23H30FN7O2S. The number of aliphatic hydroxyl groups is 1. The molecule has 0 saturated carbocycles. The lowest BCUT2D eigenvalue weighted by Crippen LogP contribution is -2.34. The Kier molecular flexibility index (Phi) is 8.72. The number of carbonyl (C=O) groups is 1. The number of anilines is 2. The van der Waals surface area contributed by atoms with Crippen LogP contribution in [0.5, 0.6) is 0 Å². The van der Waals surface area contributed by atoms with Crippen LogP contribution in [0.4, 0.5) is 20.3 Å². The second kappa shape index (κ2) is 11.7. The molecule has 0 bridgehead atoms. The van der Waals surface area contributed by atoms with Crippen LogP contribution in [0, 0.1) is 5.82 Å². The maximum absolute atomic E-state index is 14.1. The highest BCUT2D eigenvalue weighted by atomic mass is 32.1. The number of rotatable bonds is 10. The summed E-state index contributed by atoms with van der Waals surface area (Å²) >= 11 is 1.46. The highest BCUT2D eigenvalue weighted by Crippen LogP contribution is 2.32. The molecule has 0 aliphatic carbocycles. The van der Waals surface area contributed by atoms with Crippen molar-refractivity contribution in [2.24, 2.45) is 0 Å². The molecule has 0 unspecified atom stereocenters. The van der Waals surface area contributed by atoms with Gasteiger partial charge in [0, 0.05) is 37.4 Å². The van der Waals surface area contributed by atoms with Crippen LogP contribution >= 0.6 is 11.3 Å². The molecule has 182 valence electrons. The third kappa shape index (κ3) is 7.09. The van der Waals surface area contributed by atoms with Gasteiger partial charge in [-0.05, 0) is 57.5 Å². The van der Waals surface area contributed by atoms with Gasteiger partial charge < -0.3 is 26.4 Å². The van der Waals surface area contributed by atoms with Gasteiger partial charge in [-0.2, -0.15) is 0 Å². The number of aliphatic hydroxyl groups excluding tert-OH is 1. The zero-order valence-electron chi connectivity index (χ0n) is 19.6. The Balaban J connectivity index is 2.01. The van der Waals surface area contributed by atoms with Crippen LogP contribution in [0.25, 0.3) is 21.8 Å². The van der Waals surface area contributed by atoms with Crippen LogP contribution in [0.15, 0.2) is 30.5 Å². The third-order valence-corrected chi connectivity index (χ3v) is 5.52. The van der Waals surface area contributed by atoms with Gasteiger partial charge in [0.2, 0.25) is 5.95 Å². The molecule has 3 rings (SSSR count). The third-order valence-electron chi connectivity index (χ3n) is 4.57. The molecule has 0 radical (unpaired) electrons. The molecule has 3 aromatic rings. The molecule has 34 heavy (non-hydrogen) atoms. The van der Waals surface area contributed by atoms with E-state index in [0.29, 0.717) is 35.0 Å². The highest BCUT2D eigenvalue weighted by molar-refractivity contribution is 7.18. The van der Waals surface area contributed by atoms with Crippen molar-refractivity contribution in [1.82, 2.24) is 25.6 Å². The summed E-state index contributed by atoms with van der Waals surface area (Å²) in [5.41, 5.74) is 2.42. The van der Waals surface area contributed by atoms with E-state index in [9.17, 15) is 14.3 Å². The lowest BCUT2D eigenvalue weighted by atomic mass is 10.0. The summed E-state index contributed by atoms with van der Waals surface area (Å²) in [6, 6.07) is 6.07. The number of amides is 2. The first-order chi connectivity index (χ1) is 16.2. The number of carbonyl (C=O) groups excluding carboxylic acids is 1. The van der Waals surface area contributed by atoms with E-state index in [0.717, 1.165) is 10.0 Å². The molecule has 0 spiro atoms. The van der Waals surface area contributed by atoms with Crippen molar-refractivity contribution in [2.75, 3.05) is 23.7 Å². The Labute approximate surface area is 202 Å². The average molecular weight is 488 g/mol. The normalized spacial score (nSPS) is 11.9. The number of thiazole rings is 1. The summed E-state index contributed by atoms with van der Waals surface area (Å²) in [5.74, 6) is -0.0860. The summed E-state index contributed by atoms with van der Waals surface area (Å²) in [6.07, 6.45) is 1.14. The Hall–Kier alpha value is -3.31. The van der Waals surface area contributed by atoms with E-state index < -0.39 is 11.9 Å². The molecule has 1 atom stereocenters. The van der Waals surface area contributed by atoms with Crippen molar-refractivity contribution in [3.8, 4) is 21.8 Å². The maximum Gasteiger partial charge on any atom is 0.315 e. The SMILES string of the molecule is CCNC(=O)NCc1cc(F)ccc1-c1cc(-c2cnc(NC(C)C)s2)nc(NC[C@H](C)O)n1. The first-order valence-electron chi connectivity index (χ1n) is 11.1. The van der Waals surface area contributed by atoms with E-state index >= 15 is 0 Å². The van der Waals surface area contributed by atoms with Crippen LogP contribution in [0.3, 0.4) is 0 Å². The summed E-state index contributed by atoms with van der Waals surface area (Å²) in [4.78, 5) is 26.3. The van der Waals surface area contributed by atoms with E-state index in [1.54, 1.807) is 19.2 Å². The number of halogens is 1. The molecule has 0 aliphatic rings. The molecule has 0 aliphatic heterocycles. The maximum atomic E-state index is 14.1. The lowest BCUT2D eigenvalue weighted by molar-refractivity contribution is 0.208. The molecule has 2 heterocycles. The second-order valence-electron chi connectivity index (χ2n) is 8.04. The fourth-order valence-corrected chi connectivity index (χ4v) is 4.02. The fraction of sp³-hybridized carbons (Fsp3) is 0.391. The van der Waals surface area contributed by atoms with Gasteiger partial charge in [-0.25, -0.2) is 24.1 Å². The van der Waals surface area contributed by atoms with Gasteiger partial charge in [0.1, 0.15) is 5.82 Å². The number of urea groups is 1. The van der Waals surface area contributed by atoms with Crippen LogP contribution in [0.1, 0.15) is 33.3 Å². The van der Waals surface area contributed by atoms with Gasteiger partial charge in [-0.1, -0.05) is 11.3 Å². The Morgan fingerprint density at radius 1 is 1.15 bits per heavy atom. The van der Waals surface area contributed by atoms with E-state index in [1.165, 1.54) is 23.5 Å². The molecule has 0 fully saturated rings. The van der Waals surface area contributed by atoms with Gasteiger partial charge in [0.05, 0.1) is 22.4 Å². The number of hydrogen-bond acceptors (Lipinski definition) is 8. The van der Waals surface area contributed by atoms with Gasteiger partial charge >= 0.3 is 6.03 Å². The molecule has 1 aromatic carbocycles. The lowest BCUT2D eigenvalue weighted by Gasteiger charge is -2.14. The van der Waals surface area contributed by atoms with Crippen molar-refractivity contribution in [3.05, 3.63) is 41.8 Å². The fourth-order valence-electron chi connectivity index (χ4n) is 3.09. The van der Waals surface area contributed by atoms with Crippen molar-refractivity contribution < 1.29 is 14.3 Å². The predicted molar refractivity (Wildman–Crippen MR) is 133 cm³/mol. The average Bonchev–Trinajstić information content (AvgIpc) is 3.24. The number of hydrogen-bond donors (Lipinski definition) is 5. The quantitative estimate of drug-likeness (QED) is 0.294. The standard InChI is InChI=1S/C23H30FN7O2S/c1-5-25-22(33)27-11-15-8-16(24)6-7-17(15)18-9-19(31-21(30-18)26-10-14(4)32)20-12-28-23(34-20)29-13(2)3/h6-9,12-14,32H,5,10-11H2,1-4H3,(H,28,29)(H2,25,27,33)(H,26,30,31)/t14-/m0/s1. The zero-order chi connectivity index (χ0) is 24.7. The monoisotopic (exact) mass is 487 g/mol. The number of nitrogens with zero attached hydrogens (tertiary/aromatic N) is 3. The highest BCUT2D eigenvalue weighted by Gasteiger charge is 2.15. The van der Waals surface area contributed by atoms with Crippen LogP contribution < -0.4 is 21.3 Å². The largest absolute Gasteiger partial charge is 0.392 e. The number of nitrogens with one attached hydrogen (secondary N) is 4. The Morgan fingerprint density at radius 3 is 2.62 bits per heavy atom. The van der Waals surface area contributed by atoms with Gasteiger partial charge in [-0.3, -0.25) is 0 Å². The first kappa shape index (κ1) is 25.3. The van der Waals surface area contributed by atoms with Crippen LogP contribution in [0.2, 0.25) is 0 Å². The van der Waals surface area contributed by atoms with E-state index in [1.807, 2.05) is 26.8 Å². The number of benzene rings is 1. The van der Waals surface area contributed by atoms with Gasteiger partial charge in [-0.15, -0.1) is 0 Å². The Morgan fingerprint density at radius 2 is 1.91 bits per heavy atom. The van der Waals surface area contributed by atoms with Crippen LogP contribution in [-0.2, 0) is 6.54 Å². The Bertz CT molecular complexity index is 1120. The topological polar surface area (TPSA) is 124 Å². The summed E-state index contributed by atoms with van der Waals surface area (Å²) in [7, 11) is 0. The van der Waals surface area contributed by atoms with Crippen molar-refractivity contribution in [3.63, 3.8) is 0 Å². The molecular weight excluding hydrogens is 457 g/mol. The molecule has 11 heteroatoms. The van der Waals surface area contributed by atoms with E-state index in [2.05, 4.69) is 36.2 Å². The van der Waals surface area contributed by atoms with Crippen molar-refractivity contribution in [2.45, 2.75) is 46.4 Å². The number of aromatic nitrogens is 3. The molecule has 2 aromatic heterocycles. The minimum Gasteiger partial charge on any atom is -0.392 e. The van der Waals surface area contributed by atoms with Gasteiger partial charge in [0.25, 0.3) is 0 Å². The van der Waals surface area contributed by atoms with Gasteiger partial charge in [0.15, 0.2) is 5.13 Å². The summed E-state index contributed by atoms with van der Waals surface area (Å²) in [5, 5.41) is 22.2. The minimum atomic E-state index is -0.594. The zero-order valence-corrected chi connectivity index (χ0v) is 20.5. The molecule has 5 N–H and O–H groups in total. The first-order valence-corrected chi connectivity index (χ1v) is 11.9. The summed E-state index contributed by atoms with van der Waals surface area (Å²) in [6.45, 7) is 8.42. The van der Waals surface area contributed by atoms with Crippen molar-refractivity contribution >= 4 is 28.4 Å². The van der Waals surface area contributed by atoms with Crippen molar-refractivity contribution in [1.29, 1.82) is 0 Å². The smallest absolute Gasteiger partial charge is 0.315 e. The molecule has 0 saturated heterocycles. The molecule has 2 amide bonds. The summed E-state index contributed by atoms with van der Waals surface area (Å²) < 4.78 is 14.1. The van der Waals surface area contributed by atoms with E-state index in [4.69, 9.17) is 0 Å². The second-order valence-corrected chi connectivity index (χ2v) is 9.07. The van der Waals surface area contributed by atoms with E-state index in [-0.39, 0.29) is 25.2 Å². The van der Waals surface area contributed by atoms with Crippen LogP contribution in [-0.4, -0.2) is 51.3 Å².